The van der Waals surface area contributed by atoms with Gasteiger partial charge in [-0.05, 0) is 46.2 Å². The largest absolute Gasteiger partial charge is 0.144 e. The van der Waals surface area contributed by atoms with Crippen molar-refractivity contribution in [3.8, 4) is 9.75 Å². The molecule has 0 atom stereocenters. The van der Waals surface area contributed by atoms with Gasteiger partial charge in [0.05, 0.1) is 0 Å². The van der Waals surface area contributed by atoms with E-state index in [4.69, 9.17) is 0 Å². The Balaban J connectivity index is 2.50. The van der Waals surface area contributed by atoms with Gasteiger partial charge in [-0.3, -0.25) is 0 Å². The monoisotopic (exact) mass is 336 g/mol. The van der Waals surface area contributed by atoms with Crippen LogP contribution >= 0.6 is 22.7 Å². The summed E-state index contributed by atoms with van der Waals surface area (Å²) in [5.74, 6) is 0. The molecule has 0 saturated heterocycles. The van der Waals surface area contributed by atoms with Gasteiger partial charge in [0.2, 0.25) is 0 Å². The van der Waals surface area contributed by atoms with Gasteiger partial charge in [-0.15, -0.1) is 22.7 Å². The van der Waals surface area contributed by atoms with E-state index in [1.807, 2.05) is 11.3 Å². The maximum Gasteiger partial charge on any atom is 0.107 e. The Hall–Kier alpha value is -0.383. The Morgan fingerprint density at radius 3 is 1.62 bits per heavy atom. The summed E-state index contributed by atoms with van der Waals surface area (Å²) in [6, 6.07) is 9.32. The first kappa shape index (κ1) is 17.0. The van der Waals surface area contributed by atoms with E-state index in [0.29, 0.717) is 0 Å². The molecule has 116 valence electrons. The second kappa shape index (κ2) is 6.39. The first-order valence-electron chi connectivity index (χ1n) is 7.97. The highest BCUT2D eigenvalue weighted by molar-refractivity contribution is 7.31. The first-order valence-corrected chi connectivity index (χ1v) is 11.8. The van der Waals surface area contributed by atoms with Crippen LogP contribution in [0.25, 0.3) is 9.75 Å². The van der Waals surface area contributed by atoms with Crippen LogP contribution in [0, 0.1) is 6.92 Å². The minimum Gasteiger partial charge on any atom is -0.144 e. The molecule has 0 amide bonds. The van der Waals surface area contributed by atoms with Crippen LogP contribution < -0.4 is 4.50 Å². The Bertz CT molecular complexity index is 568. The Morgan fingerprint density at radius 1 is 0.714 bits per heavy atom. The van der Waals surface area contributed by atoms with Crippen molar-refractivity contribution in [3.63, 3.8) is 0 Å². The lowest BCUT2D eigenvalue weighted by atomic mass is 10.4. The molecular weight excluding hydrogens is 308 g/mol. The van der Waals surface area contributed by atoms with Crippen LogP contribution in [-0.4, -0.2) is 8.07 Å². The molecule has 0 fully saturated rings. The van der Waals surface area contributed by atoms with Crippen LogP contribution in [0.2, 0.25) is 16.6 Å². The fourth-order valence-electron chi connectivity index (χ4n) is 4.12. The summed E-state index contributed by atoms with van der Waals surface area (Å²) < 4.78 is 1.70. The SMILES string of the molecule is Cc1ccc(-c2ccc([Si](C(C)C)(C(C)C)C(C)C)s2)s1. The summed E-state index contributed by atoms with van der Waals surface area (Å²) in [7, 11) is -1.49. The molecular formula is C18H28S2Si. The summed E-state index contributed by atoms with van der Waals surface area (Å²) >= 11 is 3.98. The van der Waals surface area contributed by atoms with E-state index < -0.39 is 8.07 Å². The Kier molecular flexibility index (Phi) is 5.17. The van der Waals surface area contributed by atoms with Crippen LogP contribution in [0.1, 0.15) is 46.4 Å². The molecule has 0 saturated carbocycles. The maximum absolute atomic E-state index is 2.45. The van der Waals surface area contributed by atoms with Gasteiger partial charge in [-0.25, -0.2) is 0 Å². The molecule has 3 heteroatoms. The second-order valence-electron chi connectivity index (χ2n) is 6.97. The summed E-state index contributed by atoms with van der Waals surface area (Å²) in [5.41, 5.74) is 2.36. The van der Waals surface area contributed by atoms with Crippen molar-refractivity contribution >= 4 is 35.2 Å². The quantitative estimate of drug-likeness (QED) is 0.535. The summed E-state index contributed by atoms with van der Waals surface area (Å²) in [4.78, 5) is 4.30. The zero-order valence-electron chi connectivity index (χ0n) is 14.4. The number of rotatable bonds is 5. The zero-order valence-corrected chi connectivity index (χ0v) is 17.0. The molecule has 0 N–H and O–H groups in total. The van der Waals surface area contributed by atoms with Crippen molar-refractivity contribution in [2.24, 2.45) is 0 Å². The second-order valence-corrected chi connectivity index (χ2v) is 15.6. The number of hydrogen-bond acceptors (Lipinski definition) is 2. The third kappa shape index (κ3) is 2.93. The van der Waals surface area contributed by atoms with E-state index in [2.05, 4.69) is 84.1 Å². The minimum absolute atomic E-state index is 0.786. The zero-order chi connectivity index (χ0) is 15.8. The van der Waals surface area contributed by atoms with E-state index in [0.717, 1.165) is 16.6 Å². The van der Waals surface area contributed by atoms with Gasteiger partial charge in [-0.1, -0.05) is 47.6 Å². The number of thiophene rings is 2. The summed E-state index contributed by atoms with van der Waals surface area (Å²) in [6.45, 7) is 16.9. The van der Waals surface area contributed by atoms with E-state index in [-0.39, 0.29) is 0 Å². The highest BCUT2D eigenvalue weighted by Crippen LogP contribution is 2.43. The molecule has 2 aromatic heterocycles. The third-order valence-corrected chi connectivity index (χ3v) is 15.1. The van der Waals surface area contributed by atoms with Gasteiger partial charge in [0.1, 0.15) is 8.07 Å². The molecule has 2 rings (SSSR count). The molecule has 0 nitrogen and oxygen atoms in total. The Labute approximate surface area is 139 Å². The highest BCUT2D eigenvalue weighted by atomic mass is 32.1. The molecule has 0 bridgehead atoms. The third-order valence-electron chi connectivity index (χ3n) is 4.88. The normalized spacial score (nSPS) is 12.9. The van der Waals surface area contributed by atoms with Gasteiger partial charge < -0.3 is 0 Å². The summed E-state index contributed by atoms with van der Waals surface area (Å²) in [6.07, 6.45) is 0. The lowest BCUT2D eigenvalue weighted by molar-refractivity contribution is 0.837. The fraction of sp³-hybridized carbons (Fsp3) is 0.556. The standard InChI is InChI=1S/C18H28S2Si/c1-12(2)21(13(3)4,14(5)6)18-11-10-17(20-18)16-9-8-15(7)19-16/h8-14H,1-7H3. The molecule has 0 aromatic carbocycles. The molecule has 0 unspecified atom stereocenters. The van der Waals surface area contributed by atoms with Crippen LogP contribution in [0.5, 0.6) is 0 Å². The average molecular weight is 337 g/mol. The van der Waals surface area contributed by atoms with Crippen molar-refractivity contribution in [1.29, 1.82) is 0 Å². The molecule has 2 heterocycles. The van der Waals surface area contributed by atoms with Crippen LogP contribution in [0.4, 0.5) is 0 Å². The first-order chi connectivity index (χ1) is 9.80. The van der Waals surface area contributed by atoms with Gasteiger partial charge >= 0.3 is 0 Å². The van der Waals surface area contributed by atoms with E-state index in [9.17, 15) is 0 Å². The van der Waals surface area contributed by atoms with Gasteiger partial charge in [-0.2, -0.15) is 0 Å². The van der Waals surface area contributed by atoms with Crippen molar-refractivity contribution in [1.82, 2.24) is 0 Å². The van der Waals surface area contributed by atoms with Crippen LogP contribution in [-0.2, 0) is 0 Å². The number of aryl methyl sites for hydroxylation is 1. The van der Waals surface area contributed by atoms with Gasteiger partial charge in [0, 0.05) is 14.6 Å². The van der Waals surface area contributed by atoms with Crippen molar-refractivity contribution < 1.29 is 0 Å². The molecule has 2 aromatic rings. The molecule has 0 aliphatic carbocycles. The average Bonchev–Trinajstić information content (AvgIpc) is 2.97. The van der Waals surface area contributed by atoms with E-state index in [1.165, 1.54) is 14.6 Å². The van der Waals surface area contributed by atoms with Crippen molar-refractivity contribution in [2.75, 3.05) is 0 Å². The highest BCUT2D eigenvalue weighted by Gasteiger charge is 2.45. The predicted octanol–water partition coefficient (Wildman–Crippen LogP) is 6.67. The minimum atomic E-state index is -1.49. The van der Waals surface area contributed by atoms with Gasteiger partial charge in [0.25, 0.3) is 0 Å². The fourth-order valence-corrected chi connectivity index (χ4v) is 15.1. The van der Waals surface area contributed by atoms with Crippen molar-refractivity contribution in [2.45, 2.75) is 65.1 Å². The van der Waals surface area contributed by atoms with Crippen molar-refractivity contribution in [3.05, 3.63) is 29.1 Å². The Morgan fingerprint density at radius 2 is 1.19 bits per heavy atom. The number of hydrogen-bond donors (Lipinski definition) is 0. The predicted molar refractivity (Wildman–Crippen MR) is 103 cm³/mol. The molecule has 21 heavy (non-hydrogen) atoms. The van der Waals surface area contributed by atoms with E-state index >= 15 is 0 Å². The lowest BCUT2D eigenvalue weighted by Crippen LogP contribution is -2.54. The van der Waals surface area contributed by atoms with Gasteiger partial charge in [0.15, 0.2) is 0 Å². The van der Waals surface area contributed by atoms with E-state index in [1.54, 1.807) is 4.50 Å². The topological polar surface area (TPSA) is 0 Å². The molecule has 0 spiro atoms. The smallest absolute Gasteiger partial charge is 0.107 e. The lowest BCUT2D eigenvalue weighted by Gasteiger charge is -2.42. The molecule has 0 aliphatic heterocycles. The maximum atomic E-state index is 2.45. The van der Waals surface area contributed by atoms with Crippen LogP contribution in [0.15, 0.2) is 24.3 Å². The molecule has 0 radical (unpaired) electrons. The summed E-state index contributed by atoms with van der Waals surface area (Å²) in [5, 5.41) is 0. The van der Waals surface area contributed by atoms with Crippen LogP contribution in [0.3, 0.4) is 0 Å². The molecule has 0 aliphatic rings.